The van der Waals surface area contributed by atoms with E-state index in [1.54, 1.807) is 0 Å². The van der Waals surface area contributed by atoms with E-state index in [4.69, 9.17) is 5.11 Å². The molecule has 1 aliphatic heterocycles. The maximum atomic E-state index is 8.88. The molecule has 2 nitrogen and oxygen atoms in total. The summed E-state index contributed by atoms with van der Waals surface area (Å²) in [5.74, 6) is 0.986. The molecule has 1 unspecified atom stereocenters. The molecule has 0 aromatic heterocycles. The van der Waals surface area contributed by atoms with E-state index in [-0.39, 0.29) is 0 Å². The van der Waals surface area contributed by atoms with Gasteiger partial charge in [0.1, 0.15) is 0 Å². The van der Waals surface area contributed by atoms with Crippen LogP contribution in [-0.2, 0) is 0 Å². The Morgan fingerprint density at radius 2 is 1.87 bits per heavy atom. The summed E-state index contributed by atoms with van der Waals surface area (Å²) in [5.41, 5.74) is 0. The highest BCUT2D eigenvalue weighted by Crippen LogP contribution is 2.29. The van der Waals surface area contributed by atoms with Gasteiger partial charge in [-0.2, -0.15) is 0 Å². The Kier molecular flexibility index (Phi) is 4.45. The maximum Gasteiger partial charge on any atom is 0.0431 e. The highest BCUT2D eigenvalue weighted by Gasteiger charge is 2.27. The van der Waals surface area contributed by atoms with Gasteiger partial charge < -0.3 is 10.0 Å². The van der Waals surface area contributed by atoms with Crippen LogP contribution < -0.4 is 0 Å². The van der Waals surface area contributed by atoms with Crippen molar-refractivity contribution in [3.8, 4) is 0 Å². The van der Waals surface area contributed by atoms with Crippen molar-refractivity contribution in [1.82, 2.24) is 4.90 Å². The van der Waals surface area contributed by atoms with Crippen molar-refractivity contribution in [2.45, 2.75) is 57.4 Å². The average Bonchev–Trinajstić information content (AvgIpc) is 2.87. The summed E-state index contributed by atoms with van der Waals surface area (Å²) < 4.78 is 0. The molecule has 1 saturated carbocycles. The van der Waals surface area contributed by atoms with Gasteiger partial charge in [0.25, 0.3) is 0 Å². The van der Waals surface area contributed by atoms with Crippen molar-refractivity contribution in [3.05, 3.63) is 0 Å². The first-order chi connectivity index (χ1) is 7.40. The second kappa shape index (κ2) is 5.86. The van der Waals surface area contributed by atoms with Gasteiger partial charge in [0, 0.05) is 19.2 Å². The lowest BCUT2D eigenvalue weighted by Gasteiger charge is -2.27. The van der Waals surface area contributed by atoms with Gasteiger partial charge in [-0.3, -0.25) is 0 Å². The third kappa shape index (κ3) is 3.18. The van der Waals surface area contributed by atoms with Crippen LogP contribution in [0.15, 0.2) is 0 Å². The lowest BCUT2D eigenvalue weighted by molar-refractivity contribution is 0.191. The predicted molar refractivity (Wildman–Crippen MR) is 62.9 cm³/mol. The monoisotopic (exact) mass is 211 g/mol. The summed E-state index contributed by atoms with van der Waals surface area (Å²) in [4.78, 5) is 2.70. The summed E-state index contributed by atoms with van der Waals surface area (Å²) >= 11 is 0. The summed E-state index contributed by atoms with van der Waals surface area (Å²) in [6.45, 7) is 3.02. The standard InChI is InChI=1S/C13H25NO/c15-10-4-8-13-7-3-9-14(13)11-12-5-1-2-6-12/h12-13,15H,1-11H2. The zero-order valence-electron chi connectivity index (χ0n) is 9.83. The molecular formula is C13H25NO. The second-order valence-corrected chi connectivity index (χ2v) is 5.31. The molecular weight excluding hydrogens is 186 g/mol. The van der Waals surface area contributed by atoms with Crippen LogP contribution in [0.2, 0.25) is 0 Å². The fourth-order valence-electron chi connectivity index (χ4n) is 3.31. The SMILES string of the molecule is OCCCC1CCCN1CC1CCCC1. The van der Waals surface area contributed by atoms with Gasteiger partial charge in [-0.15, -0.1) is 0 Å². The van der Waals surface area contributed by atoms with E-state index in [0.717, 1.165) is 18.4 Å². The lowest BCUT2D eigenvalue weighted by atomic mass is 10.1. The first kappa shape index (κ1) is 11.4. The van der Waals surface area contributed by atoms with Crippen molar-refractivity contribution in [2.75, 3.05) is 19.7 Å². The van der Waals surface area contributed by atoms with Gasteiger partial charge in [-0.1, -0.05) is 12.8 Å². The smallest absolute Gasteiger partial charge is 0.0431 e. The van der Waals surface area contributed by atoms with E-state index in [1.807, 2.05) is 0 Å². The van der Waals surface area contributed by atoms with Crippen LogP contribution in [0.4, 0.5) is 0 Å². The summed E-state index contributed by atoms with van der Waals surface area (Å²) in [6, 6.07) is 0.790. The van der Waals surface area contributed by atoms with Gasteiger partial charge in [-0.05, 0) is 51.0 Å². The molecule has 0 bridgehead atoms. The molecule has 0 spiro atoms. The number of aliphatic hydroxyl groups excluding tert-OH is 1. The summed E-state index contributed by atoms with van der Waals surface area (Å²) in [6.07, 6.45) is 10.8. The Morgan fingerprint density at radius 3 is 2.60 bits per heavy atom. The van der Waals surface area contributed by atoms with Crippen LogP contribution in [-0.4, -0.2) is 35.7 Å². The predicted octanol–water partition coefficient (Wildman–Crippen LogP) is 2.41. The molecule has 1 atom stereocenters. The molecule has 0 aromatic rings. The van der Waals surface area contributed by atoms with E-state index in [9.17, 15) is 0 Å². The molecule has 2 heteroatoms. The fraction of sp³-hybridized carbons (Fsp3) is 1.00. The van der Waals surface area contributed by atoms with E-state index in [2.05, 4.69) is 4.90 Å². The highest BCUT2D eigenvalue weighted by molar-refractivity contribution is 4.82. The van der Waals surface area contributed by atoms with Gasteiger partial charge in [0.05, 0.1) is 0 Å². The molecule has 2 aliphatic rings. The highest BCUT2D eigenvalue weighted by atomic mass is 16.2. The van der Waals surface area contributed by atoms with E-state index in [1.165, 1.54) is 58.0 Å². The van der Waals surface area contributed by atoms with Crippen molar-refractivity contribution >= 4 is 0 Å². The van der Waals surface area contributed by atoms with Gasteiger partial charge >= 0.3 is 0 Å². The topological polar surface area (TPSA) is 23.5 Å². The molecule has 88 valence electrons. The minimum atomic E-state index is 0.369. The van der Waals surface area contributed by atoms with E-state index >= 15 is 0 Å². The third-order valence-corrected chi connectivity index (χ3v) is 4.16. The van der Waals surface area contributed by atoms with Crippen molar-refractivity contribution in [3.63, 3.8) is 0 Å². The third-order valence-electron chi connectivity index (χ3n) is 4.16. The normalized spacial score (nSPS) is 29.0. The first-order valence-electron chi connectivity index (χ1n) is 6.75. The molecule has 0 radical (unpaired) electrons. The number of hydrogen-bond donors (Lipinski definition) is 1. The molecule has 1 heterocycles. The summed E-state index contributed by atoms with van der Waals surface area (Å²) in [7, 11) is 0. The molecule has 1 saturated heterocycles. The maximum absolute atomic E-state index is 8.88. The van der Waals surface area contributed by atoms with Gasteiger partial charge in [-0.25, -0.2) is 0 Å². The van der Waals surface area contributed by atoms with Crippen molar-refractivity contribution in [2.24, 2.45) is 5.92 Å². The molecule has 2 rings (SSSR count). The zero-order valence-corrected chi connectivity index (χ0v) is 9.83. The summed E-state index contributed by atoms with van der Waals surface area (Å²) in [5, 5.41) is 8.88. The molecule has 0 amide bonds. The van der Waals surface area contributed by atoms with Crippen molar-refractivity contribution in [1.29, 1.82) is 0 Å². The Labute approximate surface area is 93.7 Å². The van der Waals surface area contributed by atoms with Crippen LogP contribution in [0.1, 0.15) is 51.4 Å². The molecule has 2 fully saturated rings. The lowest BCUT2D eigenvalue weighted by Crippen LogP contribution is -2.33. The average molecular weight is 211 g/mol. The molecule has 15 heavy (non-hydrogen) atoms. The Balaban J connectivity index is 1.74. The van der Waals surface area contributed by atoms with E-state index in [0.29, 0.717) is 6.61 Å². The number of likely N-dealkylation sites (tertiary alicyclic amines) is 1. The Hall–Kier alpha value is -0.0800. The Morgan fingerprint density at radius 1 is 1.07 bits per heavy atom. The fourth-order valence-corrected chi connectivity index (χ4v) is 3.31. The first-order valence-corrected chi connectivity index (χ1v) is 6.75. The molecule has 1 aliphatic carbocycles. The number of hydrogen-bond acceptors (Lipinski definition) is 2. The van der Waals surface area contributed by atoms with Crippen LogP contribution in [0.5, 0.6) is 0 Å². The minimum Gasteiger partial charge on any atom is -0.396 e. The number of rotatable bonds is 5. The quantitative estimate of drug-likeness (QED) is 0.755. The number of nitrogens with zero attached hydrogens (tertiary/aromatic N) is 1. The van der Waals surface area contributed by atoms with E-state index < -0.39 is 0 Å². The van der Waals surface area contributed by atoms with Gasteiger partial charge in [0.15, 0.2) is 0 Å². The zero-order chi connectivity index (χ0) is 10.5. The largest absolute Gasteiger partial charge is 0.396 e. The Bertz CT molecular complexity index is 177. The minimum absolute atomic E-state index is 0.369. The molecule has 1 N–H and O–H groups in total. The van der Waals surface area contributed by atoms with Crippen LogP contribution in [0, 0.1) is 5.92 Å². The van der Waals surface area contributed by atoms with Crippen molar-refractivity contribution < 1.29 is 5.11 Å². The van der Waals surface area contributed by atoms with Gasteiger partial charge in [0.2, 0.25) is 0 Å². The number of aliphatic hydroxyl groups is 1. The molecule has 0 aromatic carbocycles. The van der Waals surface area contributed by atoms with Crippen LogP contribution in [0.25, 0.3) is 0 Å². The van der Waals surface area contributed by atoms with Crippen LogP contribution in [0.3, 0.4) is 0 Å². The second-order valence-electron chi connectivity index (χ2n) is 5.31. The van der Waals surface area contributed by atoms with Crippen LogP contribution >= 0.6 is 0 Å².